The van der Waals surface area contributed by atoms with Crippen LogP contribution in [0.4, 0.5) is 0 Å². The maximum absolute atomic E-state index is 2.55. The predicted octanol–water partition coefficient (Wildman–Crippen LogP) is 9.33. The normalized spacial score (nSPS) is 22.0. The Labute approximate surface area is 180 Å². The summed E-state index contributed by atoms with van der Waals surface area (Å²) in [5, 5.41) is 0. The molecule has 0 aromatic heterocycles. The van der Waals surface area contributed by atoms with Gasteiger partial charge in [0.2, 0.25) is 0 Å². The zero-order valence-corrected chi connectivity index (χ0v) is 19.2. The van der Waals surface area contributed by atoms with Gasteiger partial charge in [0.05, 0.1) is 0 Å². The third-order valence-corrected chi connectivity index (χ3v) is 7.28. The monoisotopic (exact) mass is 390 g/mol. The highest BCUT2D eigenvalue weighted by molar-refractivity contribution is 5.64. The second-order valence-corrected chi connectivity index (χ2v) is 9.82. The van der Waals surface area contributed by atoms with E-state index in [0.717, 1.165) is 5.92 Å². The Bertz CT molecular complexity index is 699. The lowest BCUT2D eigenvalue weighted by molar-refractivity contribution is 0.177. The van der Waals surface area contributed by atoms with Crippen LogP contribution in [0, 0.1) is 5.41 Å². The standard InChI is InChI=1S/C29H42/c1-4-6-7-8-9-21-29(3)22-19-28(20-23-29)27-17-15-26(16-18-27)25-13-11-24(10-5-2)12-14-25/h11-18,28H,4-10,19-23H2,1-3H3. The molecule has 158 valence electrons. The Balaban J connectivity index is 1.51. The average molecular weight is 391 g/mol. The molecule has 29 heavy (non-hydrogen) atoms. The zero-order valence-electron chi connectivity index (χ0n) is 19.2. The molecule has 0 atom stereocenters. The molecule has 1 aliphatic rings. The van der Waals surface area contributed by atoms with Gasteiger partial charge < -0.3 is 0 Å². The summed E-state index contributed by atoms with van der Waals surface area (Å²) in [5.74, 6) is 0.768. The van der Waals surface area contributed by atoms with E-state index in [1.807, 2.05) is 0 Å². The lowest BCUT2D eigenvalue weighted by Crippen LogP contribution is -2.23. The summed E-state index contributed by atoms with van der Waals surface area (Å²) in [7, 11) is 0. The van der Waals surface area contributed by atoms with Gasteiger partial charge in [-0.25, -0.2) is 0 Å². The number of unbranched alkanes of at least 4 members (excludes halogenated alkanes) is 4. The number of hydrogen-bond acceptors (Lipinski definition) is 0. The fourth-order valence-corrected chi connectivity index (χ4v) is 5.15. The Hall–Kier alpha value is -1.56. The first-order chi connectivity index (χ1) is 14.1. The van der Waals surface area contributed by atoms with Crippen molar-refractivity contribution in [1.82, 2.24) is 0 Å². The van der Waals surface area contributed by atoms with Crippen LogP contribution in [-0.4, -0.2) is 0 Å². The first-order valence-corrected chi connectivity index (χ1v) is 12.3. The summed E-state index contributed by atoms with van der Waals surface area (Å²) in [4.78, 5) is 0. The predicted molar refractivity (Wildman–Crippen MR) is 129 cm³/mol. The molecular weight excluding hydrogens is 348 g/mol. The van der Waals surface area contributed by atoms with Crippen LogP contribution in [0.1, 0.15) is 108 Å². The van der Waals surface area contributed by atoms with Gasteiger partial charge >= 0.3 is 0 Å². The summed E-state index contributed by atoms with van der Waals surface area (Å²) < 4.78 is 0. The van der Waals surface area contributed by atoms with Crippen molar-refractivity contribution in [2.45, 2.75) is 104 Å². The Kier molecular flexibility index (Phi) is 8.40. The third-order valence-electron chi connectivity index (χ3n) is 7.28. The Morgan fingerprint density at radius 3 is 1.90 bits per heavy atom. The van der Waals surface area contributed by atoms with Crippen LogP contribution in [0.2, 0.25) is 0 Å². The quantitative estimate of drug-likeness (QED) is 0.354. The zero-order chi connectivity index (χ0) is 20.5. The highest BCUT2D eigenvalue weighted by Gasteiger charge is 2.31. The number of hydrogen-bond donors (Lipinski definition) is 0. The maximum Gasteiger partial charge on any atom is -0.0162 e. The van der Waals surface area contributed by atoms with Gasteiger partial charge in [-0.05, 0) is 72.1 Å². The minimum Gasteiger partial charge on any atom is -0.0654 e. The highest BCUT2D eigenvalue weighted by Crippen LogP contribution is 2.45. The molecule has 0 bridgehead atoms. The molecule has 0 saturated heterocycles. The molecule has 1 fully saturated rings. The molecule has 0 aliphatic heterocycles. The first kappa shape index (κ1) is 22.1. The molecule has 0 spiro atoms. The minimum absolute atomic E-state index is 0.600. The topological polar surface area (TPSA) is 0 Å². The van der Waals surface area contributed by atoms with E-state index in [1.165, 1.54) is 93.7 Å². The average Bonchev–Trinajstić information content (AvgIpc) is 2.75. The minimum atomic E-state index is 0.600. The number of benzene rings is 2. The molecule has 1 saturated carbocycles. The van der Waals surface area contributed by atoms with E-state index in [9.17, 15) is 0 Å². The molecule has 0 unspecified atom stereocenters. The van der Waals surface area contributed by atoms with E-state index in [-0.39, 0.29) is 0 Å². The van der Waals surface area contributed by atoms with Gasteiger partial charge in [0.25, 0.3) is 0 Å². The van der Waals surface area contributed by atoms with Crippen molar-refractivity contribution in [2.24, 2.45) is 5.41 Å². The van der Waals surface area contributed by atoms with Crippen molar-refractivity contribution in [3.63, 3.8) is 0 Å². The molecular formula is C29H42. The van der Waals surface area contributed by atoms with Crippen molar-refractivity contribution < 1.29 is 0 Å². The smallest absolute Gasteiger partial charge is 0.0162 e. The van der Waals surface area contributed by atoms with Gasteiger partial charge in [-0.15, -0.1) is 0 Å². The van der Waals surface area contributed by atoms with Crippen molar-refractivity contribution >= 4 is 0 Å². The SMILES string of the molecule is CCCCCCCC1(C)CCC(c2ccc(-c3ccc(CCC)cc3)cc2)CC1. The fourth-order valence-electron chi connectivity index (χ4n) is 5.15. The van der Waals surface area contributed by atoms with E-state index >= 15 is 0 Å². The highest BCUT2D eigenvalue weighted by atomic mass is 14.4. The largest absolute Gasteiger partial charge is 0.0654 e. The molecule has 0 heterocycles. The first-order valence-electron chi connectivity index (χ1n) is 12.3. The molecule has 2 aromatic rings. The van der Waals surface area contributed by atoms with Crippen LogP contribution < -0.4 is 0 Å². The lowest BCUT2D eigenvalue weighted by atomic mass is 9.68. The summed E-state index contributed by atoms with van der Waals surface area (Å²) in [5.41, 5.74) is 6.30. The molecule has 0 N–H and O–H groups in total. The summed E-state index contributed by atoms with van der Waals surface area (Å²) in [6, 6.07) is 18.6. The third kappa shape index (κ3) is 6.46. The van der Waals surface area contributed by atoms with Gasteiger partial charge in [0, 0.05) is 0 Å². The fraction of sp³-hybridized carbons (Fsp3) is 0.586. The van der Waals surface area contributed by atoms with Crippen LogP contribution in [0.25, 0.3) is 11.1 Å². The van der Waals surface area contributed by atoms with Crippen molar-refractivity contribution in [3.8, 4) is 11.1 Å². The van der Waals surface area contributed by atoms with Crippen molar-refractivity contribution in [3.05, 3.63) is 59.7 Å². The number of rotatable bonds is 10. The van der Waals surface area contributed by atoms with Crippen LogP contribution in [0.3, 0.4) is 0 Å². The van der Waals surface area contributed by atoms with E-state index in [1.54, 1.807) is 5.56 Å². The van der Waals surface area contributed by atoms with E-state index < -0.39 is 0 Å². The van der Waals surface area contributed by atoms with Gasteiger partial charge in [-0.1, -0.05) is 108 Å². The Morgan fingerprint density at radius 1 is 0.724 bits per heavy atom. The molecule has 1 aliphatic carbocycles. The van der Waals surface area contributed by atoms with Gasteiger partial charge in [-0.2, -0.15) is 0 Å². The van der Waals surface area contributed by atoms with Crippen LogP contribution in [-0.2, 0) is 6.42 Å². The van der Waals surface area contributed by atoms with Gasteiger partial charge in [-0.3, -0.25) is 0 Å². The van der Waals surface area contributed by atoms with Crippen LogP contribution in [0.15, 0.2) is 48.5 Å². The molecule has 0 heteroatoms. The molecule has 2 aromatic carbocycles. The summed E-state index contributed by atoms with van der Waals surface area (Å²) in [6.45, 7) is 7.10. The van der Waals surface area contributed by atoms with Crippen LogP contribution in [0.5, 0.6) is 0 Å². The van der Waals surface area contributed by atoms with Gasteiger partial charge in [0.1, 0.15) is 0 Å². The summed E-state index contributed by atoms with van der Waals surface area (Å²) in [6.07, 6.45) is 16.5. The van der Waals surface area contributed by atoms with E-state index in [2.05, 4.69) is 69.3 Å². The van der Waals surface area contributed by atoms with Crippen molar-refractivity contribution in [1.29, 1.82) is 0 Å². The van der Waals surface area contributed by atoms with Gasteiger partial charge in [0.15, 0.2) is 0 Å². The molecule has 0 nitrogen and oxygen atoms in total. The second kappa shape index (κ2) is 11.0. The number of aryl methyl sites for hydroxylation is 1. The van der Waals surface area contributed by atoms with Crippen LogP contribution >= 0.6 is 0 Å². The van der Waals surface area contributed by atoms with E-state index in [0.29, 0.717) is 5.41 Å². The van der Waals surface area contributed by atoms with Crippen molar-refractivity contribution in [2.75, 3.05) is 0 Å². The van der Waals surface area contributed by atoms with E-state index in [4.69, 9.17) is 0 Å². The Morgan fingerprint density at radius 2 is 1.31 bits per heavy atom. The lowest BCUT2D eigenvalue weighted by Gasteiger charge is -2.38. The molecule has 0 amide bonds. The molecule has 0 radical (unpaired) electrons. The summed E-state index contributed by atoms with van der Waals surface area (Å²) >= 11 is 0. The maximum atomic E-state index is 2.55. The molecule has 3 rings (SSSR count). The second-order valence-electron chi connectivity index (χ2n) is 9.82.